The summed E-state index contributed by atoms with van der Waals surface area (Å²) < 4.78 is 3.10. The van der Waals surface area contributed by atoms with Crippen LogP contribution in [0.1, 0.15) is 23.4 Å². The zero-order valence-electron chi connectivity index (χ0n) is 20.5. The molecule has 0 aliphatic heterocycles. The van der Waals surface area contributed by atoms with Gasteiger partial charge in [0, 0.05) is 20.0 Å². The molecule has 4 rings (SSSR count). The number of para-hydroxylation sites is 1. The van der Waals surface area contributed by atoms with E-state index in [1.165, 1.54) is 4.57 Å². The zero-order valence-corrected chi connectivity index (χ0v) is 20.5. The Morgan fingerprint density at radius 2 is 1.69 bits per heavy atom. The summed E-state index contributed by atoms with van der Waals surface area (Å²) in [5.41, 5.74) is 9.15. The van der Waals surface area contributed by atoms with Crippen LogP contribution in [-0.4, -0.2) is 38.8 Å². The van der Waals surface area contributed by atoms with Gasteiger partial charge in [0.25, 0.3) is 5.56 Å². The Kier molecular flexibility index (Phi) is 7.05. The second-order valence-electron chi connectivity index (χ2n) is 8.58. The summed E-state index contributed by atoms with van der Waals surface area (Å²) in [5.74, 6) is -0.181. The molecule has 10 heteroatoms. The van der Waals surface area contributed by atoms with Crippen molar-refractivity contribution >= 4 is 23.1 Å². The minimum absolute atomic E-state index is 0.0475. The van der Waals surface area contributed by atoms with Gasteiger partial charge in [0.2, 0.25) is 5.91 Å². The molecule has 1 amide bonds. The Hall–Kier alpha value is -4.60. The summed E-state index contributed by atoms with van der Waals surface area (Å²) >= 11 is 0. The van der Waals surface area contributed by atoms with Crippen LogP contribution >= 0.6 is 0 Å². The third kappa shape index (κ3) is 5.07. The van der Waals surface area contributed by atoms with Crippen LogP contribution in [0, 0.1) is 13.8 Å². The quantitative estimate of drug-likeness (QED) is 0.350. The number of aromatic amines is 1. The number of nitrogens with two attached hydrogens (primary N) is 1. The lowest BCUT2D eigenvalue weighted by molar-refractivity contribution is -0.116. The van der Waals surface area contributed by atoms with Crippen LogP contribution in [0.25, 0.3) is 5.69 Å². The predicted octanol–water partition coefficient (Wildman–Crippen LogP) is 2.43. The van der Waals surface area contributed by atoms with E-state index in [-0.39, 0.29) is 36.9 Å². The van der Waals surface area contributed by atoms with Crippen LogP contribution < -0.4 is 27.2 Å². The summed E-state index contributed by atoms with van der Waals surface area (Å²) in [6.07, 6.45) is 0.0998. The van der Waals surface area contributed by atoms with Crippen molar-refractivity contribution in [2.24, 2.45) is 0 Å². The van der Waals surface area contributed by atoms with Crippen molar-refractivity contribution in [2.45, 2.75) is 26.8 Å². The van der Waals surface area contributed by atoms with Crippen molar-refractivity contribution in [3.8, 4) is 5.69 Å². The number of aryl methyl sites for hydroxylation is 1. The van der Waals surface area contributed by atoms with Gasteiger partial charge in [-0.1, -0.05) is 48.5 Å². The van der Waals surface area contributed by atoms with E-state index in [9.17, 15) is 14.4 Å². The van der Waals surface area contributed by atoms with Gasteiger partial charge in [-0.05, 0) is 31.5 Å². The van der Waals surface area contributed by atoms with E-state index in [1.807, 2.05) is 74.5 Å². The van der Waals surface area contributed by atoms with E-state index in [1.54, 1.807) is 16.6 Å². The standard InChI is InChI=1S/C26H29N7O3/c1-17-22(18(2)33(30-17)20-12-8-5-9-13-20)28-21(34)14-15-31(3)23-24(27)32(26(36)29-25(23)35)16-19-10-6-4-7-11-19/h4-13H,14-16,27H2,1-3H3,(H,28,34)(H,29,35,36). The van der Waals surface area contributed by atoms with Crippen molar-refractivity contribution in [2.75, 3.05) is 29.5 Å². The molecular weight excluding hydrogens is 458 g/mol. The molecule has 36 heavy (non-hydrogen) atoms. The van der Waals surface area contributed by atoms with E-state index in [4.69, 9.17) is 5.73 Å². The Balaban J connectivity index is 1.48. The maximum Gasteiger partial charge on any atom is 0.330 e. The van der Waals surface area contributed by atoms with Gasteiger partial charge in [0.05, 0.1) is 29.3 Å². The van der Waals surface area contributed by atoms with Crippen molar-refractivity contribution in [1.82, 2.24) is 19.3 Å². The highest BCUT2D eigenvalue weighted by molar-refractivity contribution is 5.92. The van der Waals surface area contributed by atoms with Gasteiger partial charge in [-0.2, -0.15) is 5.10 Å². The molecule has 2 aromatic carbocycles. The lowest BCUT2D eigenvalue weighted by atomic mass is 10.2. The van der Waals surface area contributed by atoms with E-state index >= 15 is 0 Å². The van der Waals surface area contributed by atoms with Crippen LogP contribution in [-0.2, 0) is 11.3 Å². The highest BCUT2D eigenvalue weighted by atomic mass is 16.2. The molecule has 2 aromatic heterocycles. The lowest BCUT2D eigenvalue weighted by Gasteiger charge is -2.21. The Labute approximate surface area is 208 Å². The van der Waals surface area contributed by atoms with Gasteiger partial charge in [0.15, 0.2) is 0 Å². The zero-order chi connectivity index (χ0) is 25.8. The van der Waals surface area contributed by atoms with Crippen LogP contribution in [0.4, 0.5) is 17.2 Å². The fraction of sp³-hybridized carbons (Fsp3) is 0.231. The van der Waals surface area contributed by atoms with Gasteiger partial charge < -0.3 is 16.0 Å². The third-order valence-corrected chi connectivity index (χ3v) is 6.01. The minimum Gasteiger partial charge on any atom is -0.383 e. The number of carbonyl (C=O) groups excluding carboxylic acids is 1. The number of carbonyl (C=O) groups is 1. The molecule has 4 aromatic rings. The number of H-pyrrole nitrogens is 1. The number of nitrogens with zero attached hydrogens (tertiary/aromatic N) is 4. The molecule has 0 atom stereocenters. The van der Waals surface area contributed by atoms with Gasteiger partial charge in [-0.3, -0.25) is 19.1 Å². The number of rotatable bonds is 8. The molecule has 0 radical (unpaired) electrons. The number of anilines is 3. The molecule has 4 N–H and O–H groups in total. The first-order valence-corrected chi connectivity index (χ1v) is 11.6. The number of aromatic nitrogens is 4. The molecule has 0 bridgehead atoms. The summed E-state index contributed by atoms with van der Waals surface area (Å²) in [6.45, 7) is 4.16. The topological polar surface area (TPSA) is 131 Å². The first kappa shape index (κ1) is 24.5. The van der Waals surface area contributed by atoms with Gasteiger partial charge in [-0.25, -0.2) is 9.48 Å². The number of benzene rings is 2. The largest absolute Gasteiger partial charge is 0.383 e. The molecule has 0 saturated heterocycles. The monoisotopic (exact) mass is 487 g/mol. The summed E-state index contributed by atoms with van der Waals surface area (Å²) in [6, 6.07) is 19.0. The fourth-order valence-corrected chi connectivity index (χ4v) is 4.10. The second-order valence-corrected chi connectivity index (χ2v) is 8.58. The van der Waals surface area contributed by atoms with Crippen molar-refractivity contribution in [3.63, 3.8) is 0 Å². The lowest BCUT2D eigenvalue weighted by Crippen LogP contribution is -2.38. The van der Waals surface area contributed by atoms with Crippen molar-refractivity contribution in [3.05, 3.63) is 98.5 Å². The molecule has 0 spiro atoms. The number of hydrogen-bond donors (Lipinski definition) is 3. The Morgan fingerprint density at radius 1 is 1.06 bits per heavy atom. The van der Waals surface area contributed by atoms with Crippen LogP contribution in [0.2, 0.25) is 0 Å². The Bertz CT molecular complexity index is 1490. The Morgan fingerprint density at radius 3 is 2.36 bits per heavy atom. The molecule has 186 valence electrons. The molecule has 0 aliphatic rings. The maximum absolute atomic E-state index is 12.8. The van der Waals surface area contributed by atoms with E-state index in [0.29, 0.717) is 11.4 Å². The number of nitrogens with one attached hydrogen (secondary N) is 2. The van der Waals surface area contributed by atoms with Gasteiger partial charge in [-0.15, -0.1) is 0 Å². The molecule has 0 saturated carbocycles. The highest BCUT2D eigenvalue weighted by Crippen LogP contribution is 2.23. The van der Waals surface area contributed by atoms with Gasteiger partial charge in [0.1, 0.15) is 11.5 Å². The van der Waals surface area contributed by atoms with Crippen molar-refractivity contribution < 1.29 is 4.79 Å². The van der Waals surface area contributed by atoms with E-state index < -0.39 is 11.2 Å². The molecule has 0 unspecified atom stereocenters. The summed E-state index contributed by atoms with van der Waals surface area (Å²) in [5, 5.41) is 7.49. The van der Waals surface area contributed by atoms with Crippen LogP contribution in [0.3, 0.4) is 0 Å². The maximum atomic E-state index is 12.8. The average molecular weight is 488 g/mol. The highest BCUT2D eigenvalue weighted by Gasteiger charge is 2.19. The molecule has 2 heterocycles. The molecule has 0 fully saturated rings. The van der Waals surface area contributed by atoms with E-state index in [2.05, 4.69) is 15.4 Å². The fourth-order valence-electron chi connectivity index (χ4n) is 4.10. The predicted molar refractivity (Wildman–Crippen MR) is 141 cm³/mol. The summed E-state index contributed by atoms with van der Waals surface area (Å²) in [7, 11) is 1.66. The normalized spacial score (nSPS) is 10.9. The van der Waals surface area contributed by atoms with Gasteiger partial charge >= 0.3 is 5.69 Å². The molecule has 10 nitrogen and oxygen atoms in total. The SMILES string of the molecule is Cc1nn(-c2ccccc2)c(C)c1NC(=O)CCN(C)c1c(N)n(Cc2ccccc2)c(=O)[nH]c1=O. The summed E-state index contributed by atoms with van der Waals surface area (Å²) in [4.78, 5) is 41.7. The first-order chi connectivity index (χ1) is 17.3. The number of hydrogen-bond acceptors (Lipinski definition) is 6. The molecule has 0 aliphatic carbocycles. The van der Waals surface area contributed by atoms with E-state index in [0.717, 1.165) is 16.9 Å². The number of amides is 1. The number of nitrogen functional groups attached to an aromatic ring is 1. The minimum atomic E-state index is -0.597. The second kappa shape index (κ2) is 10.3. The third-order valence-electron chi connectivity index (χ3n) is 6.01. The molecular formula is C26H29N7O3. The van der Waals surface area contributed by atoms with Crippen LogP contribution in [0.15, 0.2) is 70.3 Å². The smallest absolute Gasteiger partial charge is 0.330 e. The van der Waals surface area contributed by atoms with Crippen LogP contribution in [0.5, 0.6) is 0 Å². The van der Waals surface area contributed by atoms with Crippen molar-refractivity contribution in [1.29, 1.82) is 0 Å². The average Bonchev–Trinajstić information content (AvgIpc) is 3.14. The first-order valence-electron chi connectivity index (χ1n) is 11.6.